The second-order valence-corrected chi connectivity index (χ2v) is 23.7. The highest BCUT2D eigenvalue weighted by atomic mass is 16.7. The topological polar surface area (TPSA) is 108 Å². The standard InChI is InChI=1S/C70H127NO8/c1-6-8-10-12-14-16-18-20-22-24-25-26-27-28-29-30-31-32-33-34-35-36-37-38-39-40-41-42-43-45-47-49-51-53-55-57-59-61-68(73)79-66(65-78-70(69(74)75)76-63-62-71(3,4)5)64-77-67(72)60-58-56-54-52-50-48-46-44-23-21-19-17-15-13-11-9-7-2/h8,10,14,16,20-23,25-26,66,70H,6-7,9,11-13,15,17-19,24,27-65H2,1-5H3/p+1/b10-8-,16-14-,22-20-,23-21-,26-25-. The number of carboxylic acids is 1. The van der Waals surface area contributed by atoms with Crippen LogP contribution >= 0.6 is 0 Å². The predicted octanol–water partition coefficient (Wildman–Crippen LogP) is 20.4. The van der Waals surface area contributed by atoms with Gasteiger partial charge in [-0.05, 0) is 77.0 Å². The molecule has 0 aromatic rings. The number of esters is 2. The van der Waals surface area contributed by atoms with Crippen LogP contribution in [-0.2, 0) is 33.3 Å². The van der Waals surface area contributed by atoms with Crippen molar-refractivity contribution in [1.82, 2.24) is 0 Å². The Hall–Kier alpha value is -3.01. The largest absolute Gasteiger partial charge is 0.477 e. The number of rotatable bonds is 62. The monoisotopic (exact) mass is 1110 g/mol. The van der Waals surface area contributed by atoms with Crippen LogP contribution in [0.25, 0.3) is 0 Å². The molecule has 0 aromatic carbocycles. The van der Waals surface area contributed by atoms with Crippen LogP contribution in [-0.4, -0.2) is 87.4 Å². The van der Waals surface area contributed by atoms with Gasteiger partial charge in [-0.2, -0.15) is 0 Å². The van der Waals surface area contributed by atoms with Gasteiger partial charge in [-0.1, -0.05) is 280 Å². The maximum absolute atomic E-state index is 12.9. The molecule has 1 N–H and O–H groups in total. The fourth-order valence-corrected chi connectivity index (χ4v) is 9.65. The first-order valence-electron chi connectivity index (χ1n) is 33.5. The molecule has 0 heterocycles. The number of carboxylic acid groups (broad SMARTS) is 1. The number of hydrogen-bond acceptors (Lipinski definition) is 7. The number of carbonyl (C=O) groups is 3. The summed E-state index contributed by atoms with van der Waals surface area (Å²) in [6.45, 7) is 4.80. The maximum atomic E-state index is 12.9. The number of nitrogens with zero attached hydrogens (tertiary/aromatic N) is 1. The van der Waals surface area contributed by atoms with E-state index in [0.717, 1.165) is 64.2 Å². The number of allylic oxidation sites excluding steroid dienone is 10. The Morgan fingerprint density at radius 1 is 0.392 bits per heavy atom. The Morgan fingerprint density at radius 3 is 1.09 bits per heavy atom. The van der Waals surface area contributed by atoms with Crippen molar-refractivity contribution in [2.75, 3.05) is 47.5 Å². The van der Waals surface area contributed by atoms with E-state index < -0.39 is 18.4 Å². The molecule has 0 aliphatic heterocycles. The second-order valence-electron chi connectivity index (χ2n) is 23.7. The summed E-state index contributed by atoms with van der Waals surface area (Å²) in [6.07, 6.45) is 76.2. The number of unbranched alkanes of at least 4 members (excludes halogenated alkanes) is 37. The summed E-state index contributed by atoms with van der Waals surface area (Å²) in [6, 6.07) is 0. The molecule has 0 saturated carbocycles. The average Bonchev–Trinajstić information content (AvgIpc) is 3.42. The molecule has 2 atom stereocenters. The van der Waals surface area contributed by atoms with E-state index in [1.54, 1.807) is 0 Å². The smallest absolute Gasteiger partial charge is 0.361 e. The van der Waals surface area contributed by atoms with Crippen LogP contribution in [0.3, 0.4) is 0 Å². The lowest BCUT2D eigenvalue weighted by Gasteiger charge is -2.25. The summed E-state index contributed by atoms with van der Waals surface area (Å²) < 4.78 is 22.9. The van der Waals surface area contributed by atoms with Crippen LogP contribution in [0.5, 0.6) is 0 Å². The molecule has 460 valence electrons. The molecule has 0 spiro atoms. The minimum atomic E-state index is -1.51. The second kappa shape index (κ2) is 61.1. The van der Waals surface area contributed by atoms with Crippen LogP contribution < -0.4 is 0 Å². The van der Waals surface area contributed by atoms with Gasteiger partial charge in [-0.15, -0.1) is 0 Å². The normalized spacial score (nSPS) is 13.1. The van der Waals surface area contributed by atoms with Crippen molar-refractivity contribution in [1.29, 1.82) is 0 Å². The highest BCUT2D eigenvalue weighted by Crippen LogP contribution is 2.18. The van der Waals surface area contributed by atoms with Gasteiger partial charge >= 0.3 is 17.9 Å². The van der Waals surface area contributed by atoms with Crippen molar-refractivity contribution < 1.29 is 42.9 Å². The molecule has 0 rings (SSSR count). The molecule has 0 aromatic heterocycles. The van der Waals surface area contributed by atoms with Gasteiger partial charge in [0.25, 0.3) is 6.29 Å². The molecule has 0 amide bonds. The van der Waals surface area contributed by atoms with Gasteiger partial charge in [-0.25, -0.2) is 4.79 Å². The summed E-state index contributed by atoms with van der Waals surface area (Å²) in [4.78, 5) is 37.5. The lowest BCUT2D eigenvalue weighted by atomic mass is 10.0. The van der Waals surface area contributed by atoms with Crippen LogP contribution in [0, 0.1) is 0 Å². The third kappa shape index (κ3) is 62.4. The minimum absolute atomic E-state index is 0.181. The van der Waals surface area contributed by atoms with Gasteiger partial charge in [0.05, 0.1) is 34.4 Å². The number of likely N-dealkylation sites (N-methyl/N-ethyl adjacent to an activating group) is 1. The number of aliphatic carboxylic acids is 1. The quantitative estimate of drug-likeness (QED) is 0.0211. The predicted molar refractivity (Wildman–Crippen MR) is 336 cm³/mol. The van der Waals surface area contributed by atoms with Gasteiger partial charge in [0.1, 0.15) is 13.2 Å². The van der Waals surface area contributed by atoms with Crippen molar-refractivity contribution >= 4 is 17.9 Å². The molecule has 0 aliphatic rings. The van der Waals surface area contributed by atoms with E-state index >= 15 is 0 Å². The third-order valence-electron chi connectivity index (χ3n) is 14.8. The zero-order chi connectivity index (χ0) is 57.6. The molecular weight excluding hydrogens is 983 g/mol. The molecule has 79 heavy (non-hydrogen) atoms. The summed E-state index contributed by atoms with van der Waals surface area (Å²) in [5, 5.41) is 9.72. The van der Waals surface area contributed by atoms with E-state index in [9.17, 15) is 19.5 Å². The molecule has 0 aliphatic carbocycles. The summed E-state index contributed by atoms with van der Waals surface area (Å²) in [5.74, 6) is -1.99. The fourth-order valence-electron chi connectivity index (χ4n) is 9.65. The first-order chi connectivity index (χ1) is 38.6. The number of ether oxygens (including phenoxy) is 4. The molecule has 0 saturated heterocycles. The van der Waals surface area contributed by atoms with E-state index in [2.05, 4.69) is 74.6 Å². The molecule has 9 heteroatoms. The molecule has 9 nitrogen and oxygen atoms in total. The molecular formula is C70H128NO8+. The lowest BCUT2D eigenvalue weighted by molar-refractivity contribution is -0.870. The average molecular weight is 1110 g/mol. The minimum Gasteiger partial charge on any atom is -0.477 e. The first kappa shape index (κ1) is 76.0. The molecule has 0 fully saturated rings. The SMILES string of the molecule is CC/C=C\C/C=C\C/C=C\C/C=C\CCCCCCCCCCCCCCCCCCCCCCCCCCC(=O)OC(COC(=O)CCCCCCCCC/C=C\CCCCCCCC)COC(OCC[N+](C)(C)C)C(=O)O. The van der Waals surface area contributed by atoms with E-state index in [0.29, 0.717) is 17.4 Å². The van der Waals surface area contributed by atoms with Gasteiger partial charge in [0, 0.05) is 12.8 Å². The van der Waals surface area contributed by atoms with Crippen LogP contribution in [0.2, 0.25) is 0 Å². The highest BCUT2D eigenvalue weighted by molar-refractivity contribution is 5.71. The van der Waals surface area contributed by atoms with Crippen LogP contribution in [0.1, 0.15) is 309 Å². The Labute approximate surface area is 488 Å². The Kier molecular flexibility index (Phi) is 58.7. The summed E-state index contributed by atoms with van der Waals surface area (Å²) >= 11 is 0. The van der Waals surface area contributed by atoms with E-state index in [1.807, 2.05) is 21.1 Å². The number of hydrogen-bond donors (Lipinski definition) is 1. The molecule has 0 radical (unpaired) electrons. The lowest BCUT2D eigenvalue weighted by Crippen LogP contribution is -2.40. The zero-order valence-corrected chi connectivity index (χ0v) is 52.5. The van der Waals surface area contributed by atoms with Crippen molar-refractivity contribution in [2.45, 2.75) is 322 Å². The Balaban J connectivity index is 4.00. The number of quaternary nitrogens is 1. The summed E-state index contributed by atoms with van der Waals surface area (Å²) in [7, 11) is 5.98. The third-order valence-corrected chi connectivity index (χ3v) is 14.8. The maximum Gasteiger partial charge on any atom is 0.361 e. The fraction of sp³-hybridized carbons (Fsp3) is 0.814. The first-order valence-corrected chi connectivity index (χ1v) is 33.5. The van der Waals surface area contributed by atoms with Gasteiger partial charge in [-0.3, -0.25) is 9.59 Å². The van der Waals surface area contributed by atoms with E-state index in [4.69, 9.17) is 18.9 Å². The van der Waals surface area contributed by atoms with Crippen molar-refractivity contribution in [3.8, 4) is 0 Å². The van der Waals surface area contributed by atoms with Crippen molar-refractivity contribution in [3.05, 3.63) is 60.8 Å². The van der Waals surface area contributed by atoms with E-state index in [1.165, 1.54) is 218 Å². The molecule has 0 bridgehead atoms. The molecule has 2 unspecified atom stereocenters. The van der Waals surface area contributed by atoms with Crippen molar-refractivity contribution in [3.63, 3.8) is 0 Å². The van der Waals surface area contributed by atoms with Gasteiger partial charge in [0.15, 0.2) is 6.10 Å². The van der Waals surface area contributed by atoms with E-state index in [-0.39, 0.29) is 38.2 Å². The van der Waals surface area contributed by atoms with Gasteiger partial charge in [0.2, 0.25) is 0 Å². The zero-order valence-electron chi connectivity index (χ0n) is 52.5. The Morgan fingerprint density at radius 2 is 0.722 bits per heavy atom. The van der Waals surface area contributed by atoms with Gasteiger partial charge < -0.3 is 28.5 Å². The highest BCUT2D eigenvalue weighted by Gasteiger charge is 2.25. The van der Waals surface area contributed by atoms with Crippen molar-refractivity contribution in [2.24, 2.45) is 0 Å². The van der Waals surface area contributed by atoms with Crippen LogP contribution in [0.4, 0.5) is 0 Å². The number of carbonyl (C=O) groups excluding carboxylic acids is 2. The Bertz CT molecular complexity index is 1480. The van der Waals surface area contributed by atoms with Crippen LogP contribution in [0.15, 0.2) is 60.8 Å². The summed E-state index contributed by atoms with van der Waals surface area (Å²) in [5.41, 5.74) is 0.